The molecule has 6 nitrogen and oxygen atoms in total. The van der Waals surface area contributed by atoms with Crippen LogP contribution in [0.4, 0.5) is 15.8 Å². The van der Waals surface area contributed by atoms with Crippen molar-refractivity contribution in [1.82, 2.24) is 4.90 Å². The predicted octanol–water partition coefficient (Wildman–Crippen LogP) is 2.76. The van der Waals surface area contributed by atoms with Gasteiger partial charge in [0.05, 0.1) is 30.3 Å². The summed E-state index contributed by atoms with van der Waals surface area (Å²) in [5, 5.41) is 2.86. The molecule has 2 aromatic carbocycles. The third-order valence-corrected chi connectivity index (χ3v) is 5.59. The fraction of sp³-hybridized carbons (Fsp3) is 0.364. The Morgan fingerprint density at radius 3 is 2.41 bits per heavy atom. The molecule has 2 amide bonds. The summed E-state index contributed by atoms with van der Waals surface area (Å²) < 4.78 is 19.2. The molecule has 4 rings (SSSR count). The number of amides is 2. The molecule has 29 heavy (non-hydrogen) atoms. The van der Waals surface area contributed by atoms with Crippen LogP contribution in [0.3, 0.4) is 0 Å². The van der Waals surface area contributed by atoms with Gasteiger partial charge in [0.25, 0.3) is 0 Å². The number of nitrogens with zero attached hydrogens (tertiary/aromatic N) is 2. The maximum absolute atomic E-state index is 14.0. The Morgan fingerprint density at radius 2 is 1.69 bits per heavy atom. The van der Waals surface area contributed by atoms with Gasteiger partial charge in [-0.2, -0.15) is 0 Å². The average Bonchev–Trinajstić information content (AvgIpc) is 3.55. The molecule has 1 saturated heterocycles. The fourth-order valence-electron chi connectivity index (χ4n) is 3.84. The Hall–Kier alpha value is -3.09. The van der Waals surface area contributed by atoms with Crippen LogP contribution in [0.5, 0.6) is 5.75 Å². The van der Waals surface area contributed by atoms with E-state index < -0.39 is 0 Å². The van der Waals surface area contributed by atoms with Crippen molar-refractivity contribution in [2.24, 2.45) is 11.8 Å². The van der Waals surface area contributed by atoms with E-state index in [1.165, 1.54) is 6.07 Å². The number of rotatable bonds is 5. The minimum atomic E-state index is -0.308. The van der Waals surface area contributed by atoms with E-state index >= 15 is 0 Å². The van der Waals surface area contributed by atoms with Crippen molar-refractivity contribution in [2.75, 3.05) is 43.5 Å². The number of halogens is 1. The summed E-state index contributed by atoms with van der Waals surface area (Å²) in [4.78, 5) is 29.1. The molecule has 0 spiro atoms. The van der Waals surface area contributed by atoms with Gasteiger partial charge in [0.1, 0.15) is 11.6 Å². The van der Waals surface area contributed by atoms with Crippen LogP contribution in [0.25, 0.3) is 0 Å². The lowest BCUT2D eigenvalue weighted by molar-refractivity contribution is -0.134. The molecular formula is C22H24FN3O3. The van der Waals surface area contributed by atoms with Gasteiger partial charge in [0, 0.05) is 26.2 Å². The fourth-order valence-corrected chi connectivity index (χ4v) is 3.84. The highest BCUT2D eigenvalue weighted by Gasteiger charge is 2.49. The number of hydrogen-bond donors (Lipinski definition) is 1. The van der Waals surface area contributed by atoms with Gasteiger partial charge < -0.3 is 19.9 Å². The highest BCUT2D eigenvalue weighted by atomic mass is 19.1. The number of hydrogen-bond acceptors (Lipinski definition) is 4. The molecular weight excluding hydrogens is 373 g/mol. The van der Waals surface area contributed by atoms with E-state index in [0.717, 1.165) is 0 Å². The number of ether oxygens (including phenoxy) is 1. The summed E-state index contributed by atoms with van der Waals surface area (Å²) in [7, 11) is 1.55. The van der Waals surface area contributed by atoms with Crippen LogP contribution >= 0.6 is 0 Å². The number of para-hydroxylation sites is 3. The first kappa shape index (κ1) is 19.2. The lowest BCUT2D eigenvalue weighted by Gasteiger charge is -2.36. The maximum Gasteiger partial charge on any atom is 0.228 e. The summed E-state index contributed by atoms with van der Waals surface area (Å²) in [6, 6.07) is 13.9. The minimum Gasteiger partial charge on any atom is -0.495 e. The normalized spacial score (nSPS) is 20.9. The van der Waals surface area contributed by atoms with Crippen molar-refractivity contribution in [1.29, 1.82) is 0 Å². The molecule has 0 bridgehead atoms. The van der Waals surface area contributed by atoms with Crippen molar-refractivity contribution < 1.29 is 18.7 Å². The van der Waals surface area contributed by atoms with Gasteiger partial charge in [0.15, 0.2) is 0 Å². The molecule has 0 radical (unpaired) electrons. The smallest absolute Gasteiger partial charge is 0.228 e. The van der Waals surface area contributed by atoms with E-state index in [2.05, 4.69) is 5.32 Å². The summed E-state index contributed by atoms with van der Waals surface area (Å²) >= 11 is 0. The van der Waals surface area contributed by atoms with Crippen LogP contribution in [0.15, 0.2) is 48.5 Å². The Balaban J connectivity index is 1.30. The molecule has 1 N–H and O–H groups in total. The molecule has 2 aromatic rings. The molecule has 2 aliphatic rings. The van der Waals surface area contributed by atoms with Gasteiger partial charge in [-0.25, -0.2) is 4.39 Å². The van der Waals surface area contributed by atoms with Crippen molar-refractivity contribution in [2.45, 2.75) is 6.42 Å². The Labute approximate surface area is 169 Å². The van der Waals surface area contributed by atoms with E-state index in [1.807, 2.05) is 23.1 Å². The quantitative estimate of drug-likeness (QED) is 0.843. The average molecular weight is 397 g/mol. The molecule has 1 aliphatic carbocycles. The zero-order valence-electron chi connectivity index (χ0n) is 16.3. The van der Waals surface area contributed by atoms with Gasteiger partial charge in [-0.3, -0.25) is 9.59 Å². The van der Waals surface area contributed by atoms with Crippen molar-refractivity contribution in [3.63, 3.8) is 0 Å². The monoisotopic (exact) mass is 397 g/mol. The number of benzene rings is 2. The number of carbonyl (C=O) groups excluding carboxylic acids is 2. The largest absolute Gasteiger partial charge is 0.495 e. The lowest BCUT2D eigenvalue weighted by Crippen LogP contribution is -2.49. The minimum absolute atomic E-state index is 0.0124. The topological polar surface area (TPSA) is 61.9 Å². The zero-order chi connectivity index (χ0) is 20.4. The van der Waals surface area contributed by atoms with Gasteiger partial charge in [-0.1, -0.05) is 24.3 Å². The molecule has 152 valence electrons. The van der Waals surface area contributed by atoms with Crippen LogP contribution in [0, 0.1) is 17.7 Å². The molecule has 0 aromatic heterocycles. The molecule has 1 heterocycles. The Bertz CT molecular complexity index is 912. The summed E-state index contributed by atoms with van der Waals surface area (Å²) in [5.41, 5.74) is 1.18. The van der Waals surface area contributed by atoms with Crippen LogP contribution in [-0.2, 0) is 9.59 Å². The van der Waals surface area contributed by atoms with Crippen molar-refractivity contribution >= 4 is 23.2 Å². The van der Waals surface area contributed by atoms with Crippen LogP contribution < -0.4 is 15.0 Å². The van der Waals surface area contributed by atoms with Gasteiger partial charge in [-0.15, -0.1) is 0 Å². The van der Waals surface area contributed by atoms with Crippen molar-refractivity contribution in [3.05, 3.63) is 54.3 Å². The van der Waals surface area contributed by atoms with E-state index in [-0.39, 0.29) is 29.5 Å². The molecule has 2 atom stereocenters. The van der Waals surface area contributed by atoms with Gasteiger partial charge in [-0.05, 0) is 30.7 Å². The van der Waals surface area contributed by atoms with Crippen LogP contribution in [0.1, 0.15) is 6.42 Å². The maximum atomic E-state index is 14.0. The first-order chi connectivity index (χ1) is 14.1. The van der Waals surface area contributed by atoms with Crippen LogP contribution in [0.2, 0.25) is 0 Å². The standard InChI is InChI=1S/C22H24FN3O3/c1-29-20-9-5-3-7-18(20)24-21(27)15-14-16(15)22(28)26-12-10-25(11-13-26)19-8-4-2-6-17(19)23/h2-9,15-16H,10-14H2,1H3,(H,24,27). The second kappa shape index (κ2) is 8.11. The number of piperazine rings is 1. The number of nitrogens with one attached hydrogen (secondary N) is 1. The predicted molar refractivity (Wildman–Crippen MR) is 108 cm³/mol. The van der Waals surface area contributed by atoms with E-state index in [4.69, 9.17) is 4.74 Å². The first-order valence-corrected chi connectivity index (χ1v) is 9.80. The Kier molecular flexibility index (Phi) is 5.38. The van der Waals surface area contributed by atoms with E-state index in [1.54, 1.807) is 36.3 Å². The number of anilines is 2. The van der Waals surface area contributed by atoms with Crippen LogP contribution in [-0.4, -0.2) is 50.0 Å². The summed E-state index contributed by atoms with van der Waals surface area (Å²) in [5.74, 6) is -0.380. The van der Waals surface area contributed by atoms with Crippen molar-refractivity contribution in [3.8, 4) is 5.75 Å². The molecule has 7 heteroatoms. The van der Waals surface area contributed by atoms with E-state index in [0.29, 0.717) is 49.7 Å². The third kappa shape index (κ3) is 4.04. The second-order valence-corrected chi connectivity index (χ2v) is 7.40. The first-order valence-electron chi connectivity index (χ1n) is 9.80. The zero-order valence-corrected chi connectivity index (χ0v) is 16.3. The van der Waals surface area contributed by atoms with E-state index in [9.17, 15) is 14.0 Å². The SMILES string of the molecule is COc1ccccc1NC(=O)C1CC1C(=O)N1CCN(c2ccccc2F)CC1. The Morgan fingerprint density at radius 1 is 1.00 bits per heavy atom. The van der Waals surface area contributed by atoms with Gasteiger partial charge >= 0.3 is 0 Å². The highest BCUT2D eigenvalue weighted by molar-refractivity contribution is 6.00. The number of carbonyl (C=O) groups is 2. The molecule has 1 saturated carbocycles. The summed E-state index contributed by atoms with van der Waals surface area (Å²) in [6.45, 7) is 2.23. The third-order valence-electron chi connectivity index (χ3n) is 5.59. The lowest BCUT2D eigenvalue weighted by atomic mass is 10.2. The highest BCUT2D eigenvalue weighted by Crippen LogP contribution is 2.41. The van der Waals surface area contributed by atoms with Gasteiger partial charge in [0.2, 0.25) is 11.8 Å². The molecule has 2 fully saturated rings. The molecule has 2 unspecified atom stereocenters. The molecule has 1 aliphatic heterocycles. The number of methoxy groups -OCH3 is 1. The summed E-state index contributed by atoms with van der Waals surface area (Å²) in [6.07, 6.45) is 0.563. The second-order valence-electron chi connectivity index (χ2n) is 7.40.